The van der Waals surface area contributed by atoms with E-state index in [9.17, 15) is 0 Å². The van der Waals surface area contributed by atoms with Gasteiger partial charge in [0.1, 0.15) is 0 Å². The molecule has 0 unspecified atom stereocenters. The summed E-state index contributed by atoms with van der Waals surface area (Å²) in [5, 5.41) is 3.54. The first kappa shape index (κ1) is 12.4. The van der Waals surface area contributed by atoms with Crippen LogP contribution in [0.25, 0.3) is 0 Å². The first-order chi connectivity index (χ1) is 8.83. The summed E-state index contributed by atoms with van der Waals surface area (Å²) >= 11 is 5.32. The van der Waals surface area contributed by atoms with Crippen LogP contribution in [0.2, 0.25) is 0 Å². The summed E-state index contributed by atoms with van der Waals surface area (Å²) < 4.78 is 3.50. The lowest BCUT2D eigenvalue weighted by molar-refractivity contribution is 0.564. The molecule has 0 aromatic carbocycles. The van der Waals surface area contributed by atoms with Gasteiger partial charge in [-0.15, -0.1) is 11.3 Å². The fraction of sp³-hybridized carbons (Fsp3) is 0.462. The van der Waals surface area contributed by atoms with Crippen LogP contribution in [0.15, 0.2) is 28.4 Å². The second-order valence-electron chi connectivity index (χ2n) is 4.62. The maximum atomic E-state index is 4.30. The molecule has 3 rings (SSSR count). The Hall–Kier alpha value is -0.650. The Kier molecular flexibility index (Phi) is 3.82. The Morgan fingerprint density at radius 2 is 2.44 bits per heavy atom. The number of thiophene rings is 1. The van der Waals surface area contributed by atoms with Gasteiger partial charge in [-0.05, 0) is 53.9 Å². The van der Waals surface area contributed by atoms with Crippen molar-refractivity contribution in [2.24, 2.45) is 0 Å². The van der Waals surface area contributed by atoms with Crippen LogP contribution in [0.1, 0.15) is 29.5 Å². The molecule has 2 aromatic rings. The lowest BCUT2D eigenvalue weighted by Crippen LogP contribution is -2.17. The van der Waals surface area contributed by atoms with Crippen LogP contribution in [0.3, 0.4) is 0 Å². The van der Waals surface area contributed by atoms with E-state index in [1.165, 1.54) is 27.2 Å². The van der Waals surface area contributed by atoms with Gasteiger partial charge in [0.2, 0.25) is 0 Å². The molecule has 18 heavy (non-hydrogen) atoms. The molecule has 0 saturated carbocycles. The molecule has 0 aliphatic carbocycles. The molecule has 0 radical (unpaired) electrons. The average Bonchev–Trinajstić information content (AvgIpc) is 3.07. The number of aryl methyl sites for hydroxylation is 2. The third-order valence-corrected chi connectivity index (χ3v) is 5.07. The summed E-state index contributed by atoms with van der Waals surface area (Å²) in [4.78, 5) is 5.72. The van der Waals surface area contributed by atoms with Gasteiger partial charge in [-0.2, -0.15) is 0 Å². The molecule has 96 valence electrons. The summed E-state index contributed by atoms with van der Waals surface area (Å²) in [6.45, 7) is 2.15. The highest BCUT2D eigenvalue weighted by atomic mass is 79.9. The molecule has 1 saturated heterocycles. The highest BCUT2D eigenvalue weighted by molar-refractivity contribution is 9.11. The summed E-state index contributed by atoms with van der Waals surface area (Å²) in [5.41, 5.74) is 1.34. The standard InChI is InChI=1S/C13H16BrN3S/c14-13-4-3-10(18-13)5-7-17-9-15-8-12(17)11-2-1-6-16-11/h3-4,8-9,11,16H,1-2,5-7H2/t11-/m0/s1. The fourth-order valence-electron chi connectivity index (χ4n) is 2.46. The summed E-state index contributed by atoms with van der Waals surface area (Å²) in [6.07, 6.45) is 7.54. The minimum Gasteiger partial charge on any atom is -0.333 e. The lowest BCUT2D eigenvalue weighted by atomic mass is 10.2. The quantitative estimate of drug-likeness (QED) is 0.933. The maximum absolute atomic E-state index is 4.30. The number of nitrogens with one attached hydrogen (secondary N) is 1. The number of hydrogen-bond acceptors (Lipinski definition) is 3. The van der Waals surface area contributed by atoms with Crippen molar-refractivity contribution in [1.29, 1.82) is 0 Å². The summed E-state index contributed by atoms with van der Waals surface area (Å²) in [7, 11) is 0. The topological polar surface area (TPSA) is 29.9 Å². The van der Waals surface area contributed by atoms with Crippen molar-refractivity contribution in [1.82, 2.24) is 14.9 Å². The molecule has 0 spiro atoms. The lowest BCUT2D eigenvalue weighted by Gasteiger charge is -2.13. The number of nitrogens with zero attached hydrogens (tertiary/aromatic N) is 2. The van der Waals surface area contributed by atoms with Crippen molar-refractivity contribution in [2.45, 2.75) is 31.8 Å². The van der Waals surface area contributed by atoms with E-state index in [-0.39, 0.29) is 0 Å². The van der Waals surface area contributed by atoms with Gasteiger partial charge in [0, 0.05) is 23.7 Å². The van der Waals surface area contributed by atoms with Crippen LogP contribution in [0.4, 0.5) is 0 Å². The molecule has 2 aromatic heterocycles. The first-order valence-corrected chi connectivity index (χ1v) is 7.91. The zero-order valence-corrected chi connectivity index (χ0v) is 12.5. The van der Waals surface area contributed by atoms with Gasteiger partial charge in [-0.1, -0.05) is 0 Å². The number of rotatable bonds is 4. The van der Waals surface area contributed by atoms with Crippen LogP contribution in [0.5, 0.6) is 0 Å². The molecule has 1 fully saturated rings. The van der Waals surface area contributed by atoms with Crippen LogP contribution in [-0.4, -0.2) is 16.1 Å². The predicted octanol–water partition coefficient (Wildman–Crippen LogP) is 3.37. The maximum Gasteiger partial charge on any atom is 0.0948 e. The van der Waals surface area contributed by atoms with Gasteiger partial charge in [0.25, 0.3) is 0 Å². The monoisotopic (exact) mass is 325 g/mol. The van der Waals surface area contributed by atoms with Crippen LogP contribution < -0.4 is 5.32 Å². The third-order valence-electron chi connectivity index (χ3n) is 3.39. The Morgan fingerprint density at radius 3 is 3.17 bits per heavy atom. The van der Waals surface area contributed by atoms with E-state index in [0.717, 1.165) is 19.5 Å². The Labute approximate surface area is 119 Å². The highest BCUT2D eigenvalue weighted by Gasteiger charge is 2.19. The minimum atomic E-state index is 0.502. The van der Waals surface area contributed by atoms with Crippen molar-refractivity contribution in [3.05, 3.63) is 39.0 Å². The van der Waals surface area contributed by atoms with Crippen molar-refractivity contribution in [3.8, 4) is 0 Å². The van der Waals surface area contributed by atoms with Gasteiger partial charge < -0.3 is 9.88 Å². The van der Waals surface area contributed by atoms with Crippen molar-refractivity contribution in [2.75, 3.05) is 6.54 Å². The predicted molar refractivity (Wildman–Crippen MR) is 77.9 cm³/mol. The fourth-order valence-corrected chi connectivity index (χ4v) is 3.93. The molecule has 0 bridgehead atoms. The number of aromatic nitrogens is 2. The van der Waals surface area contributed by atoms with Gasteiger partial charge >= 0.3 is 0 Å². The van der Waals surface area contributed by atoms with Crippen molar-refractivity contribution < 1.29 is 0 Å². The van der Waals surface area contributed by atoms with Gasteiger partial charge in [0.05, 0.1) is 15.8 Å². The number of hydrogen-bond donors (Lipinski definition) is 1. The SMILES string of the molecule is Brc1ccc(CCn2cncc2[C@@H]2CCCN2)s1. The molecule has 0 amide bonds. The van der Waals surface area contributed by atoms with E-state index in [1.54, 1.807) is 0 Å². The Bertz CT molecular complexity index is 514. The molecule has 1 aliphatic rings. The van der Waals surface area contributed by atoms with Crippen LogP contribution in [0, 0.1) is 0 Å². The van der Waals surface area contributed by atoms with E-state index in [2.05, 4.69) is 42.9 Å². The Morgan fingerprint density at radius 1 is 1.50 bits per heavy atom. The molecule has 1 N–H and O–H groups in total. The minimum absolute atomic E-state index is 0.502. The van der Waals surface area contributed by atoms with Crippen molar-refractivity contribution in [3.63, 3.8) is 0 Å². The van der Waals surface area contributed by atoms with Crippen molar-refractivity contribution >= 4 is 27.3 Å². The zero-order valence-electron chi connectivity index (χ0n) is 10.1. The molecule has 1 aliphatic heterocycles. The molecule has 3 nitrogen and oxygen atoms in total. The average molecular weight is 326 g/mol. The molecule has 1 atom stereocenters. The summed E-state index contributed by atoms with van der Waals surface area (Å²) in [5.74, 6) is 0. The number of imidazole rings is 1. The molecule has 3 heterocycles. The van der Waals surface area contributed by atoms with Gasteiger partial charge in [-0.25, -0.2) is 4.98 Å². The Balaban J connectivity index is 1.67. The third kappa shape index (κ3) is 2.68. The van der Waals surface area contributed by atoms with E-state index in [0.29, 0.717) is 6.04 Å². The normalized spacial score (nSPS) is 19.5. The zero-order chi connectivity index (χ0) is 12.4. The van der Waals surface area contributed by atoms with E-state index in [4.69, 9.17) is 0 Å². The largest absolute Gasteiger partial charge is 0.333 e. The second-order valence-corrected chi connectivity index (χ2v) is 7.16. The van der Waals surface area contributed by atoms with Crippen LogP contribution in [-0.2, 0) is 13.0 Å². The smallest absolute Gasteiger partial charge is 0.0948 e. The van der Waals surface area contributed by atoms with E-state index < -0.39 is 0 Å². The second kappa shape index (κ2) is 5.55. The number of halogens is 1. The highest BCUT2D eigenvalue weighted by Crippen LogP contribution is 2.25. The summed E-state index contributed by atoms with van der Waals surface area (Å²) in [6, 6.07) is 4.81. The van der Waals surface area contributed by atoms with Crippen LogP contribution >= 0.6 is 27.3 Å². The van der Waals surface area contributed by atoms with Gasteiger partial charge in [-0.3, -0.25) is 0 Å². The van der Waals surface area contributed by atoms with E-state index >= 15 is 0 Å². The first-order valence-electron chi connectivity index (χ1n) is 6.30. The molecular formula is C13H16BrN3S. The van der Waals surface area contributed by atoms with E-state index in [1.807, 2.05) is 23.9 Å². The molecule has 5 heteroatoms. The van der Waals surface area contributed by atoms with Gasteiger partial charge in [0.15, 0.2) is 0 Å². The molecular weight excluding hydrogens is 310 g/mol.